The number of nitrogens with zero attached hydrogens (tertiary/aromatic N) is 2. The van der Waals surface area contributed by atoms with E-state index in [0.29, 0.717) is 30.8 Å². The highest BCUT2D eigenvalue weighted by Crippen LogP contribution is 2.27. The van der Waals surface area contributed by atoms with E-state index in [4.69, 9.17) is 4.74 Å². The van der Waals surface area contributed by atoms with Crippen LogP contribution in [0.5, 0.6) is 0 Å². The number of hydrogen-bond donors (Lipinski definition) is 1. The lowest BCUT2D eigenvalue weighted by Gasteiger charge is -2.31. The third kappa shape index (κ3) is 4.98. The molecular formula is C24H31N3O4S. The first-order chi connectivity index (χ1) is 15.3. The molecule has 0 unspecified atom stereocenters. The van der Waals surface area contributed by atoms with Crippen molar-refractivity contribution in [3.63, 3.8) is 0 Å². The molecule has 2 aromatic rings. The molecule has 2 saturated heterocycles. The normalized spacial score (nSPS) is 18.5. The van der Waals surface area contributed by atoms with Gasteiger partial charge in [-0.3, -0.25) is 4.79 Å². The summed E-state index contributed by atoms with van der Waals surface area (Å²) in [5, 5.41) is 2.99. The average Bonchev–Trinajstić information content (AvgIpc) is 2.80. The first-order valence-corrected chi connectivity index (χ1v) is 12.6. The topological polar surface area (TPSA) is 79.0 Å². The maximum atomic E-state index is 13.1. The number of anilines is 2. The molecular weight excluding hydrogens is 426 g/mol. The number of benzene rings is 2. The van der Waals surface area contributed by atoms with Crippen LogP contribution < -0.4 is 10.2 Å². The lowest BCUT2D eigenvalue weighted by molar-refractivity contribution is -0.120. The molecule has 4 rings (SSSR count). The second-order valence-corrected chi connectivity index (χ2v) is 10.5. The van der Waals surface area contributed by atoms with Crippen molar-refractivity contribution in [3.05, 3.63) is 53.6 Å². The molecule has 0 radical (unpaired) electrons. The van der Waals surface area contributed by atoms with Gasteiger partial charge in [0.15, 0.2) is 0 Å². The molecule has 0 aliphatic carbocycles. The summed E-state index contributed by atoms with van der Waals surface area (Å²) >= 11 is 0. The van der Waals surface area contributed by atoms with Crippen molar-refractivity contribution in [2.75, 3.05) is 49.6 Å². The zero-order chi connectivity index (χ0) is 22.7. The Bertz CT molecular complexity index is 1060. The van der Waals surface area contributed by atoms with E-state index >= 15 is 0 Å². The zero-order valence-corrected chi connectivity index (χ0v) is 19.5. The van der Waals surface area contributed by atoms with Crippen molar-refractivity contribution in [2.45, 2.75) is 31.6 Å². The Hall–Kier alpha value is -2.42. The fourth-order valence-electron chi connectivity index (χ4n) is 4.41. The van der Waals surface area contributed by atoms with Gasteiger partial charge in [0.2, 0.25) is 15.9 Å². The second-order valence-electron chi connectivity index (χ2n) is 8.58. The van der Waals surface area contributed by atoms with Crippen LogP contribution >= 0.6 is 0 Å². The minimum Gasteiger partial charge on any atom is -0.378 e. The van der Waals surface area contributed by atoms with E-state index in [2.05, 4.69) is 10.2 Å². The van der Waals surface area contributed by atoms with E-state index in [1.165, 1.54) is 4.31 Å². The van der Waals surface area contributed by atoms with Gasteiger partial charge >= 0.3 is 0 Å². The quantitative estimate of drug-likeness (QED) is 0.746. The molecule has 1 amide bonds. The van der Waals surface area contributed by atoms with E-state index in [0.717, 1.165) is 48.8 Å². The maximum absolute atomic E-state index is 13.1. The van der Waals surface area contributed by atoms with Gasteiger partial charge in [-0.2, -0.15) is 4.31 Å². The number of amides is 1. The van der Waals surface area contributed by atoms with Crippen LogP contribution in [0, 0.1) is 19.8 Å². The van der Waals surface area contributed by atoms with E-state index < -0.39 is 10.0 Å². The van der Waals surface area contributed by atoms with Gasteiger partial charge in [0.25, 0.3) is 0 Å². The van der Waals surface area contributed by atoms with Gasteiger partial charge in [0, 0.05) is 43.5 Å². The van der Waals surface area contributed by atoms with Gasteiger partial charge in [-0.1, -0.05) is 17.7 Å². The van der Waals surface area contributed by atoms with Crippen LogP contribution in [0.15, 0.2) is 47.4 Å². The van der Waals surface area contributed by atoms with Crippen molar-refractivity contribution in [3.8, 4) is 0 Å². The number of hydrogen-bond acceptors (Lipinski definition) is 5. The molecule has 0 saturated carbocycles. The first kappa shape index (κ1) is 22.8. The number of ether oxygens (including phenoxy) is 1. The fourth-order valence-corrected chi connectivity index (χ4v) is 6.08. The summed E-state index contributed by atoms with van der Waals surface area (Å²) in [7, 11) is -3.54. The molecule has 172 valence electrons. The second kappa shape index (κ2) is 9.60. The van der Waals surface area contributed by atoms with Gasteiger partial charge in [-0.05, 0) is 62.6 Å². The molecule has 32 heavy (non-hydrogen) atoms. The Kier molecular flexibility index (Phi) is 6.83. The molecule has 2 aliphatic rings. The van der Waals surface area contributed by atoms with Crippen LogP contribution in [-0.2, 0) is 19.6 Å². The van der Waals surface area contributed by atoms with Crippen molar-refractivity contribution in [2.24, 2.45) is 5.92 Å². The Balaban J connectivity index is 1.33. The number of piperidine rings is 1. The largest absolute Gasteiger partial charge is 0.378 e. The molecule has 8 heteroatoms. The fraction of sp³-hybridized carbons (Fsp3) is 0.458. The molecule has 0 bridgehead atoms. The number of morpholine rings is 1. The van der Waals surface area contributed by atoms with Crippen LogP contribution in [0.4, 0.5) is 11.4 Å². The van der Waals surface area contributed by atoms with Gasteiger partial charge in [0.05, 0.1) is 18.1 Å². The standard InChI is InChI=1S/C24H31N3O4S/c1-18-3-8-23(19(2)17-18)32(29,30)27-11-9-20(10-12-27)24(28)25-21-4-6-22(7-5-21)26-13-15-31-16-14-26/h3-8,17,20H,9-16H2,1-2H3,(H,25,28). The molecule has 2 fully saturated rings. The van der Waals surface area contributed by atoms with Crippen molar-refractivity contribution in [1.29, 1.82) is 0 Å². The molecule has 2 heterocycles. The van der Waals surface area contributed by atoms with Gasteiger partial charge < -0.3 is 15.0 Å². The molecule has 0 atom stereocenters. The number of carbonyl (C=O) groups is 1. The van der Waals surface area contributed by atoms with Crippen molar-refractivity contribution >= 4 is 27.3 Å². The number of rotatable bonds is 5. The zero-order valence-electron chi connectivity index (χ0n) is 18.7. The predicted octanol–water partition coefficient (Wildman–Crippen LogP) is 3.18. The third-order valence-electron chi connectivity index (χ3n) is 6.28. The molecule has 7 nitrogen and oxygen atoms in total. The Morgan fingerprint density at radius 1 is 0.969 bits per heavy atom. The number of sulfonamides is 1. The number of nitrogens with one attached hydrogen (secondary N) is 1. The van der Waals surface area contributed by atoms with Gasteiger partial charge in [0.1, 0.15) is 0 Å². The summed E-state index contributed by atoms with van der Waals surface area (Å²) < 4.78 is 33.0. The third-order valence-corrected chi connectivity index (χ3v) is 8.34. The van der Waals surface area contributed by atoms with Crippen molar-refractivity contribution < 1.29 is 17.9 Å². The van der Waals surface area contributed by atoms with E-state index in [-0.39, 0.29) is 11.8 Å². The predicted molar refractivity (Wildman–Crippen MR) is 126 cm³/mol. The van der Waals surface area contributed by atoms with Crippen LogP contribution in [0.25, 0.3) is 0 Å². The summed E-state index contributed by atoms with van der Waals surface area (Å²) in [5.41, 5.74) is 3.67. The lowest BCUT2D eigenvalue weighted by atomic mass is 9.97. The summed E-state index contributed by atoms with van der Waals surface area (Å²) in [6.45, 7) is 7.68. The molecule has 0 aromatic heterocycles. The summed E-state index contributed by atoms with van der Waals surface area (Å²) in [5.74, 6) is -0.243. The highest BCUT2D eigenvalue weighted by molar-refractivity contribution is 7.89. The Morgan fingerprint density at radius 2 is 1.62 bits per heavy atom. The minimum absolute atomic E-state index is 0.0484. The van der Waals surface area contributed by atoms with E-state index in [9.17, 15) is 13.2 Å². The van der Waals surface area contributed by atoms with Crippen LogP contribution in [0.3, 0.4) is 0 Å². The monoisotopic (exact) mass is 457 g/mol. The van der Waals surface area contributed by atoms with Crippen LogP contribution in [0.1, 0.15) is 24.0 Å². The van der Waals surface area contributed by atoms with E-state index in [1.54, 1.807) is 6.07 Å². The summed E-state index contributed by atoms with van der Waals surface area (Å²) in [6.07, 6.45) is 1.03. The SMILES string of the molecule is Cc1ccc(S(=O)(=O)N2CCC(C(=O)Nc3ccc(N4CCOCC4)cc3)CC2)c(C)c1. The highest BCUT2D eigenvalue weighted by Gasteiger charge is 2.32. The molecule has 0 spiro atoms. The number of aryl methyl sites for hydroxylation is 2. The molecule has 2 aromatic carbocycles. The van der Waals surface area contributed by atoms with Crippen LogP contribution in [0.2, 0.25) is 0 Å². The number of carbonyl (C=O) groups excluding carboxylic acids is 1. The first-order valence-electron chi connectivity index (χ1n) is 11.2. The smallest absolute Gasteiger partial charge is 0.243 e. The summed E-state index contributed by atoms with van der Waals surface area (Å²) in [6, 6.07) is 13.3. The molecule has 1 N–H and O–H groups in total. The average molecular weight is 458 g/mol. The lowest BCUT2D eigenvalue weighted by Crippen LogP contribution is -2.41. The van der Waals surface area contributed by atoms with Crippen LogP contribution in [-0.4, -0.2) is 58.0 Å². The van der Waals surface area contributed by atoms with E-state index in [1.807, 2.05) is 50.2 Å². The maximum Gasteiger partial charge on any atom is 0.243 e. The van der Waals surface area contributed by atoms with Gasteiger partial charge in [-0.15, -0.1) is 0 Å². The summed E-state index contributed by atoms with van der Waals surface area (Å²) in [4.78, 5) is 15.4. The highest BCUT2D eigenvalue weighted by atomic mass is 32.2. The van der Waals surface area contributed by atoms with Gasteiger partial charge in [-0.25, -0.2) is 8.42 Å². The van der Waals surface area contributed by atoms with Crippen molar-refractivity contribution in [1.82, 2.24) is 4.31 Å². The minimum atomic E-state index is -3.54. The Labute approximate surface area is 190 Å². The Morgan fingerprint density at radius 3 is 2.25 bits per heavy atom. The molecule has 2 aliphatic heterocycles.